The average molecular weight is 458 g/mol. The molecule has 0 saturated carbocycles. The third-order valence-corrected chi connectivity index (χ3v) is 4.96. The molecule has 1 atom stereocenters. The number of benzene rings is 2. The summed E-state index contributed by atoms with van der Waals surface area (Å²) in [7, 11) is 0. The first-order chi connectivity index (χ1) is 13.7. The highest BCUT2D eigenvalue weighted by atomic mass is 79.9. The highest BCUT2D eigenvalue weighted by Gasteiger charge is 2.25. The Morgan fingerprint density at radius 3 is 2.48 bits per heavy atom. The minimum atomic E-state index is -0.622. The summed E-state index contributed by atoms with van der Waals surface area (Å²) in [5.74, 6) is 0.458. The minimum absolute atomic E-state index is 0.201. The number of alkyl carbamates (subject to hydrolysis) is 1. The van der Waals surface area contributed by atoms with Crippen molar-refractivity contribution < 1.29 is 9.53 Å². The van der Waals surface area contributed by atoms with Gasteiger partial charge in [-0.05, 0) is 67.4 Å². The lowest BCUT2D eigenvalue weighted by atomic mass is 10.1. The van der Waals surface area contributed by atoms with Gasteiger partial charge in [0.1, 0.15) is 11.4 Å². The van der Waals surface area contributed by atoms with E-state index < -0.39 is 17.7 Å². The second-order valence-electron chi connectivity index (χ2n) is 7.69. The maximum absolute atomic E-state index is 13.5. The molecule has 0 aliphatic rings. The van der Waals surface area contributed by atoms with Crippen LogP contribution in [0.2, 0.25) is 0 Å². The van der Waals surface area contributed by atoms with Gasteiger partial charge < -0.3 is 10.1 Å². The molecule has 1 N–H and O–H groups in total. The number of nitrogens with zero attached hydrogens (tertiary/aromatic N) is 2. The van der Waals surface area contributed by atoms with Crippen molar-refractivity contribution in [1.29, 1.82) is 0 Å². The van der Waals surface area contributed by atoms with Gasteiger partial charge in [0.05, 0.1) is 22.6 Å². The third-order valence-electron chi connectivity index (χ3n) is 4.30. The van der Waals surface area contributed by atoms with Crippen LogP contribution in [0, 0.1) is 0 Å². The Hall–Kier alpha value is -2.67. The van der Waals surface area contributed by atoms with E-state index in [4.69, 9.17) is 9.72 Å². The van der Waals surface area contributed by atoms with Crippen LogP contribution in [0.15, 0.2) is 57.8 Å². The van der Waals surface area contributed by atoms with Gasteiger partial charge in [0.15, 0.2) is 0 Å². The molecule has 7 heteroatoms. The van der Waals surface area contributed by atoms with E-state index in [1.807, 2.05) is 49.4 Å². The summed E-state index contributed by atoms with van der Waals surface area (Å²) < 4.78 is 7.63. The second kappa shape index (κ2) is 8.37. The van der Waals surface area contributed by atoms with E-state index in [0.29, 0.717) is 33.3 Å². The average Bonchev–Trinajstić information content (AvgIpc) is 2.65. The Bertz CT molecular complexity index is 1090. The zero-order valence-corrected chi connectivity index (χ0v) is 18.5. The Balaban J connectivity index is 2.19. The maximum Gasteiger partial charge on any atom is 0.408 e. The molecule has 0 bridgehead atoms. The van der Waals surface area contributed by atoms with Crippen LogP contribution in [0.3, 0.4) is 0 Å². The number of ether oxygens (including phenoxy) is 1. The molecule has 3 aromatic rings. The molecule has 0 aliphatic carbocycles. The van der Waals surface area contributed by atoms with Gasteiger partial charge in [-0.3, -0.25) is 9.36 Å². The number of fused-ring (bicyclic) bond motifs is 1. The standard InChI is InChI=1S/C22H24BrN3O3/c1-5-16(25-21(28)29-22(2,3)4)19-24-17-13-9-12-15(23)18(17)20(27)26(19)14-10-7-6-8-11-14/h6-13,16H,5H2,1-4H3,(H,25,28)/t16-/m0/s1. The summed E-state index contributed by atoms with van der Waals surface area (Å²) in [4.78, 5) is 30.6. The van der Waals surface area contributed by atoms with Crippen molar-refractivity contribution in [3.63, 3.8) is 0 Å². The van der Waals surface area contributed by atoms with Crippen molar-refractivity contribution in [2.75, 3.05) is 0 Å². The summed E-state index contributed by atoms with van der Waals surface area (Å²) in [6, 6.07) is 14.2. The molecule has 0 spiro atoms. The number of amides is 1. The smallest absolute Gasteiger partial charge is 0.408 e. The Morgan fingerprint density at radius 1 is 1.17 bits per heavy atom. The topological polar surface area (TPSA) is 73.2 Å². The fourth-order valence-corrected chi connectivity index (χ4v) is 3.59. The largest absolute Gasteiger partial charge is 0.444 e. The molecule has 0 radical (unpaired) electrons. The molecule has 152 valence electrons. The van der Waals surface area contributed by atoms with Crippen molar-refractivity contribution in [3.05, 3.63) is 69.2 Å². The lowest BCUT2D eigenvalue weighted by Gasteiger charge is -2.24. The monoisotopic (exact) mass is 457 g/mol. The maximum atomic E-state index is 13.5. The molecule has 0 saturated heterocycles. The lowest BCUT2D eigenvalue weighted by Crippen LogP contribution is -2.37. The molecule has 1 aromatic heterocycles. The van der Waals surface area contributed by atoms with E-state index in [1.165, 1.54) is 0 Å². The van der Waals surface area contributed by atoms with Gasteiger partial charge in [-0.1, -0.05) is 31.2 Å². The van der Waals surface area contributed by atoms with Crippen molar-refractivity contribution in [3.8, 4) is 5.69 Å². The number of carbonyl (C=O) groups excluding carboxylic acids is 1. The minimum Gasteiger partial charge on any atom is -0.444 e. The molecular weight excluding hydrogens is 434 g/mol. The summed E-state index contributed by atoms with van der Waals surface area (Å²) in [6.07, 6.45) is -0.00886. The summed E-state index contributed by atoms with van der Waals surface area (Å²) in [6.45, 7) is 7.34. The Morgan fingerprint density at radius 2 is 1.86 bits per heavy atom. The van der Waals surface area contributed by atoms with Gasteiger partial charge in [-0.2, -0.15) is 0 Å². The van der Waals surface area contributed by atoms with E-state index in [0.717, 1.165) is 0 Å². The third kappa shape index (κ3) is 4.67. The molecule has 1 amide bonds. The quantitative estimate of drug-likeness (QED) is 0.589. The summed E-state index contributed by atoms with van der Waals surface area (Å²) in [5, 5.41) is 3.35. The molecule has 3 rings (SSSR count). The number of hydrogen-bond acceptors (Lipinski definition) is 4. The molecule has 0 fully saturated rings. The van der Waals surface area contributed by atoms with Crippen LogP contribution in [0.25, 0.3) is 16.6 Å². The highest BCUT2D eigenvalue weighted by Crippen LogP contribution is 2.24. The first-order valence-corrected chi connectivity index (χ1v) is 10.3. The fraction of sp³-hybridized carbons (Fsp3) is 0.318. The molecule has 1 heterocycles. The number of hydrogen-bond donors (Lipinski definition) is 1. The Kier molecular flexibility index (Phi) is 6.07. The van der Waals surface area contributed by atoms with Gasteiger partial charge in [-0.15, -0.1) is 0 Å². The van der Waals surface area contributed by atoms with E-state index in [9.17, 15) is 9.59 Å². The second-order valence-corrected chi connectivity index (χ2v) is 8.54. The summed E-state index contributed by atoms with van der Waals surface area (Å²) >= 11 is 3.46. The van der Waals surface area contributed by atoms with Crippen LogP contribution in [0.4, 0.5) is 4.79 Å². The van der Waals surface area contributed by atoms with Crippen molar-refractivity contribution in [2.24, 2.45) is 0 Å². The number of nitrogens with one attached hydrogen (secondary N) is 1. The predicted octanol–water partition coefficient (Wildman–Crippen LogP) is 5.12. The fourth-order valence-electron chi connectivity index (χ4n) is 3.07. The van der Waals surface area contributed by atoms with Crippen molar-refractivity contribution in [2.45, 2.75) is 45.8 Å². The van der Waals surface area contributed by atoms with Gasteiger partial charge in [-0.25, -0.2) is 9.78 Å². The van der Waals surface area contributed by atoms with E-state index in [2.05, 4.69) is 21.2 Å². The van der Waals surface area contributed by atoms with Gasteiger partial charge in [0, 0.05) is 4.47 Å². The van der Waals surface area contributed by atoms with Crippen molar-refractivity contribution >= 4 is 32.9 Å². The number of carbonyl (C=O) groups is 1. The van der Waals surface area contributed by atoms with Crippen LogP contribution >= 0.6 is 15.9 Å². The molecule has 29 heavy (non-hydrogen) atoms. The van der Waals surface area contributed by atoms with Crippen LogP contribution in [0.5, 0.6) is 0 Å². The summed E-state index contributed by atoms with van der Waals surface area (Å²) in [5.41, 5.74) is 0.426. The van der Waals surface area contributed by atoms with Gasteiger partial charge >= 0.3 is 6.09 Å². The number of para-hydroxylation sites is 1. The number of aromatic nitrogens is 2. The molecule has 0 unspecified atom stereocenters. The zero-order chi connectivity index (χ0) is 21.2. The predicted molar refractivity (Wildman–Crippen MR) is 117 cm³/mol. The first kappa shape index (κ1) is 21.0. The zero-order valence-electron chi connectivity index (χ0n) is 16.9. The van der Waals surface area contributed by atoms with E-state index in [1.54, 1.807) is 31.4 Å². The normalized spacial score (nSPS) is 12.6. The number of halogens is 1. The Labute approximate surface area is 178 Å². The lowest BCUT2D eigenvalue weighted by molar-refractivity contribution is 0.0499. The molecule has 0 aliphatic heterocycles. The van der Waals surface area contributed by atoms with Crippen LogP contribution in [-0.4, -0.2) is 21.2 Å². The molecule has 6 nitrogen and oxygen atoms in total. The SMILES string of the molecule is CC[C@H](NC(=O)OC(C)(C)C)c1nc2cccc(Br)c2c(=O)n1-c1ccccc1. The van der Waals surface area contributed by atoms with Crippen LogP contribution in [0.1, 0.15) is 46.0 Å². The van der Waals surface area contributed by atoms with E-state index >= 15 is 0 Å². The van der Waals surface area contributed by atoms with Gasteiger partial charge in [0.25, 0.3) is 5.56 Å². The van der Waals surface area contributed by atoms with Crippen LogP contribution in [-0.2, 0) is 4.74 Å². The highest BCUT2D eigenvalue weighted by molar-refractivity contribution is 9.10. The molecule has 2 aromatic carbocycles. The first-order valence-electron chi connectivity index (χ1n) is 9.47. The van der Waals surface area contributed by atoms with E-state index in [-0.39, 0.29) is 5.56 Å². The van der Waals surface area contributed by atoms with Gasteiger partial charge in [0.2, 0.25) is 0 Å². The number of rotatable bonds is 4. The van der Waals surface area contributed by atoms with Crippen molar-refractivity contribution in [1.82, 2.24) is 14.9 Å². The molecular formula is C22H24BrN3O3. The van der Waals surface area contributed by atoms with Crippen LogP contribution < -0.4 is 10.9 Å².